The molecule has 0 saturated heterocycles. The Bertz CT molecular complexity index is 638. The number of quaternary nitrogens is 1. The molecule has 0 N–H and O–H groups in total. The van der Waals surface area contributed by atoms with Crippen molar-refractivity contribution in [2.75, 3.05) is 66.3 Å². The largest absolute Gasteiger partial charge is 0.376 e. The van der Waals surface area contributed by atoms with Crippen molar-refractivity contribution in [2.24, 2.45) is 0 Å². The lowest BCUT2D eigenvalue weighted by molar-refractivity contribution is -0.910. The van der Waals surface area contributed by atoms with Gasteiger partial charge in [0.15, 0.2) is 0 Å². The standard InChI is InChI=1S/C55H114NO3/c1-5-8-11-14-17-20-23-26-29-32-35-38-41-44-50-57-53-47-56(4,48-54-58-51-45-42-39-36-33-30-27-24-21-18-15-12-9-6-2)49-55-59-52-46-43-40-37-34-31-28-25-22-19-16-13-10-7-3/h5-55H2,1-4H3/q+1. The quantitative estimate of drug-likeness (QED) is 0.0451. The summed E-state index contributed by atoms with van der Waals surface area (Å²) in [4.78, 5) is 0. The molecule has 4 nitrogen and oxygen atoms in total. The maximum atomic E-state index is 6.21. The van der Waals surface area contributed by atoms with Gasteiger partial charge in [-0.05, 0) is 19.3 Å². The van der Waals surface area contributed by atoms with Gasteiger partial charge in [-0.15, -0.1) is 0 Å². The number of nitrogens with zero attached hydrogens (tertiary/aromatic N) is 1. The van der Waals surface area contributed by atoms with Crippen LogP contribution >= 0.6 is 0 Å². The lowest BCUT2D eigenvalue weighted by Crippen LogP contribution is -2.50. The number of hydrogen-bond acceptors (Lipinski definition) is 3. The second-order valence-electron chi connectivity index (χ2n) is 19.4. The Balaban J connectivity index is 4.08. The molecule has 0 bridgehead atoms. The predicted molar refractivity (Wildman–Crippen MR) is 264 cm³/mol. The molecular formula is C55H114NO3+. The van der Waals surface area contributed by atoms with Crippen LogP contribution in [-0.2, 0) is 14.2 Å². The molecule has 0 atom stereocenters. The summed E-state index contributed by atoms with van der Waals surface area (Å²) in [5.74, 6) is 0. The molecule has 0 amide bonds. The van der Waals surface area contributed by atoms with E-state index >= 15 is 0 Å². The van der Waals surface area contributed by atoms with Crippen LogP contribution in [0.5, 0.6) is 0 Å². The van der Waals surface area contributed by atoms with Crippen molar-refractivity contribution in [1.82, 2.24) is 0 Å². The molecule has 0 unspecified atom stereocenters. The molecule has 0 fully saturated rings. The third-order valence-corrected chi connectivity index (χ3v) is 13.3. The number of rotatable bonds is 54. The maximum Gasteiger partial charge on any atom is 0.102 e. The van der Waals surface area contributed by atoms with Gasteiger partial charge in [0.1, 0.15) is 19.6 Å². The average molecular weight is 838 g/mol. The van der Waals surface area contributed by atoms with Gasteiger partial charge in [-0.25, -0.2) is 0 Å². The third-order valence-electron chi connectivity index (χ3n) is 13.3. The van der Waals surface area contributed by atoms with E-state index in [0.717, 1.165) is 63.8 Å². The molecule has 0 aliphatic carbocycles. The first kappa shape index (κ1) is 58.8. The molecule has 0 aliphatic heterocycles. The average Bonchev–Trinajstić information content (AvgIpc) is 3.24. The second kappa shape index (κ2) is 52.2. The van der Waals surface area contributed by atoms with Crippen LogP contribution < -0.4 is 0 Å². The van der Waals surface area contributed by atoms with E-state index in [1.807, 2.05) is 0 Å². The van der Waals surface area contributed by atoms with Crippen molar-refractivity contribution < 1.29 is 18.7 Å². The summed E-state index contributed by atoms with van der Waals surface area (Å²) in [7, 11) is 2.40. The van der Waals surface area contributed by atoms with E-state index in [9.17, 15) is 0 Å². The molecule has 0 aromatic rings. The molecule has 0 heterocycles. The Hall–Kier alpha value is -0.160. The molecule has 356 valence electrons. The van der Waals surface area contributed by atoms with Gasteiger partial charge >= 0.3 is 0 Å². The first-order valence-corrected chi connectivity index (χ1v) is 27.7. The van der Waals surface area contributed by atoms with E-state index in [1.165, 1.54) is 270 Å². The maximum absolute atomic E-state index is 6.21. The van der Waals surface area contributed by atoms with Crippen molar-refractivity contribution in [1.29, 1.82) is 0 Å². The zero-order valence-corrected chi connectivity index (χ0v) is 41.7. The molecule has 0 aliphatic rings. The molecule has 0 aromatic carbocycles. The Morgan fingerprint density at radius 1 is 0.203 bits per heavy atom. The highest BCUT2D eigenvalue weighted by Gasteiger charge is 2.21. The SMILES string of the molecule is CCCCCCCCCCCCCCCCOCC[N+](C)(CCOCCCCCCCCCCCCCCCC)CCOCCCCCCCCCCCCCCCC. The molecule has 59 heavy (non-hydrogen) atoms. The van der Waals surface area contributed by atoms with Gasteiger partial charge in [-0.3, -0.25) is 0 Å². The number of ether oxygens (including phenoxy) is 3. The Morgan fingerprint density at radius 2 is 0.356 bits per heavy atom. The van der Waals surface area contributed by atoms with E-state index in [0.29, 0.717) is 0 Å². The monoisotopic (exact) mass is 837 g/mol. The highest BCUT2D eigenvalue weighted by molar-refractivity contribution is 4.53. The Morgan fingerprint density at radius 3 is 0.525 bits per heavy atom. The van der Waals surface area contributed by atoms with E-state index in [1.54, 1.807) is 0 Å². The van der Waals surface area contributed by atoms with Crippen LogP contribution in [0.1, 0.15) is 290 Å². The van der Waals surface area contributed by atoms with Gasteiger partial charge in [0.25, 0.3) is 0 Å². The fraction of sp³-hybridized carbons (Fsp3) is 1.00. The summed E-state index contributed by atoms with van der Waals surface area (Å²) in [6.45, 7) is 15.4. The predicted octanol–water partition coefficient (Wildman–Crippen LogP) is 17.9. The zero-order valence-electron chi connectivity index (χ0n) is 41.7. The highest BCUT2D eigenvalue weighted by atomic mass is 16.5. The molecule has 0 spiro atoms. The lowest BCUT2D eigenvalue weighted by atomic mass is 10.0. The normalized spacial score (nSPS) is 12.0. The summed E-state index contributed by atoms with van der Waals surface area (Å²) in [6, 6.07) is 0. The minimum Gasteiger partial charge on any atom is -0.376 e. The van der Waals surface area contributed by atoms with Gasteiger partial charge in [0.2, 0.25) is 0 Å². The Kier molecular flexibility index (Phi) is 52.0. The van der Waals surface area contributed by atoms with Gasteiger partial charge in [0.05, 0.1) is 26.9 Å². The van der Waals surface area contributed by atoms with Gasteiger partial charge in [-0.2, -0.15) is 0 Å². The molecule has 0 saturated carbocycles. The van der Waals surface area contributed by atoms with Crippen LogP contribution in [0.25, 0.3) is 0 Å². The van der Waals surface area contributed by atoms with Crippen LogP contribution in [0, 0.1) is 0 Å². The summed E-state index contributed by atoms with van der Waals surface area (Å²) >= 11 is 0. The van der Waals surface area contributed by atoms with E-state index in [4.69, 9.17) is 14.2 Å². The van der Waals surface area contributed by atoms with E-state index in [-0.39, 0.29) is 0 Å². The van der Waals surface area contributed by atoms with Crippen LogP contribution in [-0.4, -0.2) is 70.8 Å². The zero-order chi connectivity index (χ0) is 42.7. The summed E-state index contributed by atoms with van der Waals surface area (Å²) in [6.07, 6.45) is 59.0. The first-order chi connectivity index (χ1) is 29.2. The fourth-order valence-electron chi connectivity index (χ4n) is 8.69. The van der Waals surface area contributed by atoms with E-state index in [2.05, 4.69) is 27.8 Å². The lowest BCUT2D eigenvalue weighted by Gasteiger charge is -2.34. The highest BCUT2D eigenvalue weighted by Crippen LogP contribution is 2.16. The van der Waals surface area contributed by atoms with Gasteiger partial charge in [0, 0.05) is 19.8 Å². The van der Waals surface area contributed by atoms with Gasteiger partial charge in [-0.1, -0.05) is 271 Å². The van der Waals surface area contributed by atoms with Crippen LogP contribution in [0.4, 0.5) is 0 Å². The third kappa shape index (κ3) is 50.4. The number of likely N-dealkylation sites (N-methyl/N-ethyl adjacent to an activating group) is 1. The van der Waals surface area contributed by atoms with Crippen LogP contribution in [0.15, 0.2) is 0 Å². The summed E-state index contributed by atoms with van der Waals surface area (Å²) in [5, 5.41) is 0. The molecule has 0 radical (unpaired) electrons. The molecular weight excluding hydrogens is 723 g/mol. The molecule has 0 aromatic heterocycles. The van der Waals surface area contributed by atoms with Crippen molar-refractivity contribution >= 4 is 0 Å². The minimum atomic E-state index is 0.854. The van der Waals surface area contributed by atoms with Crippen molar-refractivity contribution in [2.45, 2.75) is 290 Å². The van der Waals surface area contributed by atoms with Crippen molar-refractivity contribution in [3.8, 4) is 0 Å². The first-order valence-electron chi connectivity index (χ1n) is 27.7. The molecule has 4 heteroatoms. The van der Waals surface area contributed by atoms with E-state index < -0.39 is 0 Å². The summed E-state index contributed by atoms with van der Waals surface area (Å²) in [5.41, 5.74) is 0. The fourth-order valence-corrected chi connectivity index (χ4v) is 8.69. The van der Waals surface area contributed by atoms with Crippen LogP contribution in [0.3, 0.4) is 0 Å². The van der Waals surface area contributed by atoms with Gasteiger partial charge < -0.3 is 18.7 Å². The smallest absolute Gasteiger partial charge is 0.102 e. The molecule has 0 rings (SSSR count). The Labute approximate surface area is 374 Å². The van der Waals surface area contributed by atoms with Crippen molar-refractivity contribution in [3.63, 3.8) is 0 Å². The number of hydrogen-bond donors (Lipinski definition) is 0. The topological polar surface area (TPSA) is 27.7 Å². The number of unbranched alkanes of at least 4 members (excludes halogenated alkanes) is 39. The van der Waals surface area contributed by atoms with Crippen molar-refractivity contribution in [3.05, 3.63) is 0 Å². The second-order valence-corrected chi connectivity index (χ2v) is 19.4. The van der Waals surface area contributed by atoms with Crippen LogP contribution in [0.2, 0.25) is 0 Å². The summed E-state index contributed by atoms with van der Waals surface area (Å²) < 4.78 is 19.6. The minimum absolute atomic E-state index is 0.854.